The van der Waals surface area contributed by atoms with E-state index in [1.807, 2.05) is 12.1 Å². The average Bonchev–Trinajstić information content (AvgIpc) is 3.05. The normalized spacial score (nSPS) is 23.4. The summed E-state index contributed by atoms with van der Waals surface area (Å²) in [6, 6.07) is 3.23. The molecular formula is C20H28N4O6. The fourth-order valence-corrected chi connectivity index (χ4v) is 3.09. The molecule has 2 rings (SSSR count). The van der Waals surface area contributed by atoms with Gasteiger partial charge in [-0.3, -0.25) is 9.88 Å². The van der Waals surface area contributed by atoms with E-state index in [0.717, 1.165) is 17.4 Å². The van der Waals surface area contributed by atoms with Crippen molar-refractivity contribution in [3.8, 4) is 6.07 Å². The van der Waals surface area contributed by atoms with Crippen LogP contribution in [-0.2, 0) is 9.47 Å². The van der Waals surface area contributed by atoms with Gasteiger partial charge in [-0.05, 0) is 18.9 Å². The summed E-state index contributed by atoms with van der Waals surface area (Å²) in [5.41, 5.74) is -0.782. The van der Waals surface area contributed by atoms with Gasteiger partial charge in [0.25, 0.3) is 0 Å². The van der Waals surface area contributed by atoms with Gasteiger partial charge in [-0.25, -0.2) is 9.59 Å². The van der Waals surface area contributed by atoms with Crippen LogP contribution >= 0.6 is 0 Å². The molecule has 0 aliphatic carbocycles. The second kappa shape index (κ2) is 12.1. The van der Waals surface area contributed by atoms with E-state index in [1.165, 1.54) is 31.5 Å². The molecule has 0 unspecified atom stereocenters. The molecule has 1 fully saturated rings. The molecule has 164 valence electrons. The number of ether oxygens (including phenoxy) is 2. The first-order chi connectivity index (χ1) is 14.5. The van der Waals surface area contributed by atoms with Crippen LogP contribution in [0.15, 0.2) is 29.2 Å². The summed E-state index contributed by atoms with van der Waals surface area (Å²) in [6.45, 7) is 1.77. The monoisotopic (exact) mass is 420 g/mol. The number of carbonyl (C=O) groups excluding carboxylic acids is 1. The van der Waals surface area contributed by atoms with Crippen LogP contribution in [0.3, 0.4) is 0 Å². The third kappa shape index (κ3) is 6.38. The zero-order valence-corrected chi connectivity index (χ0v) is 16.9. The number of hydrogen-bond donors (Lipinski definition) is 3. The van der Waals surface area contributed by atoms with Gasteiger partial charge in [-0.15, -0.1) is 0 Å². The summed E-state index contributed by atoms with van der Waals surface area (Å²) in [6.07, 6.45) is 6.58. The number of rotatable bonds is 10. The third-order valence-electron chi connectivity index (χ3n) is 4.74. The van der Waals surface area contributed by atoms with Gasteiger partial charge in [0.15, 0.2) is 6.23 Å². The first-order valence-corrected chi connectivity index (χ1v) is 10.0. The first kappa shape index (κ1) is 23.5. The van der Waals surface area contributed by atoms with Crippen molar-refractivity contribution in [2.75, 3.05) is 18.5 Å². The molecule has 3 N–H and O–H groups in total. The van der Waals surface area contributed by atoms with Crippen molar-refractivity contribution in [3.63, 3.8) is 0 Å². The molecule has 2 heterocycles. The maximum absolute atomic E-state index is 12.3. The molecule has 0 aromatic carbocycles. The number of anilines is 1. The Labute approximate surface area is 174 Å². The van der Waals surface area contributed by atoms with Gasteiger partial charge in [-0.1, -0.05) is 38.3 Å². The van der Waals surface area contributed by atoms with Crippen LogP contribution in [0, 0.1) is 17.2 Å². The number of amides is 1. The van der Waals surface area contributed by atoms with Crippen LogP contribution in [0.25, 0.3) is 0 Å². The first-order valence-electron chi connectivity index (χ1n) is 10.0. The van der Waals surface area contributed by atoms with E-state index in [2.05, 4.69) is 17.2 Å². The Morgan fingerprint density at radius 3 is 2.90 bits per heavy atom. The minimum Gasteiger partial charge on any atom is -0.445 e. The number of hydrogen-bond acceptors (Lipinski definition) is 8. The SMILES string of the molecule is CCCCCC/C=C/COC(=O)Nc1ccn([C@@H]2O[C@H](CO)[C@@H](O)[C@@H]2C#N)c(=O)n1. The molecule has 1 aromatic heterocycles. The fourth-order valence-electron chi connectivity index (χ4n) is 3.09. The molecule has 1 amide bonds. The molecule has 1 aliphatic heterocycles. The Morgan fingerprint density at radius 2 is 2.23 bits per heavy atom. The highest BCUT2D eigenvalue weighted by Gasteiger charge is 2.45. The highest BCUT2D eigenvalue weighted by molar-refractivity contribution is 5.83. The van der Waals surface area contributed by atoms with Gasteiger partial charge in [0.2, 0.25) is 0 Å². The number of nitriles is 1. The van der Waals surface area contributed by atoms with Crippen molar-refractivity contribution >= 4 is 11.9 Å². The quantitative estimate of drug-likeness (QED) is 0.383. The van der Waals surface area contributed by atoms with E-state index >= 15 is 0 Å². The zero-order chi connectivity index (χ0) is 21.9. The number of nitrogens with zero attached hydrogens (tertiary/aromatic N) is 3. The summed E-state index contributed by atoms with van der Waals surface area (Å²) in [5.74, 6) is -1.06. The van der Waals surface area contributed by atoms with Crippen LogP contribution in [0.5, 0.6) is 0 Å². The lowest BCUT2D eigenvalue weighted by molar-refractivity contribution is -0.0469. The number of aliphatic hydroxyl groups excluding tert-OH is 2. The van der Waals surface area contributed by atoms with Crippen molar-refractivity contribution in [1.82, 2.24) is 9.55 Å². The molecule has 0 saturated carbocycles. The van der Waals surface area contributed by atoms with Crippen LogP contribution in [0.2, 0.25) is 0 Å². The minimum atomic E-state index is -1.23. The molecular weight excluding hydrogens is 392 g/mol. The summed E-state index contributed by atoms with van der Waals surface area (Å²) in [7, 11) is 0. The predicted molar refractivity (Wildman–Crippen MR) is 107 cm³/mol. The minimum absolute atomic E-state index is 0.0180. The molecule has 0 radical (unpaired) electrons. The Morgan fingerprint density at radius 1 is 1.43 bits per heavy atom. The molecule has 30 heavy (non-hydrogen) atoms. The van der Waals surface area contributed by atoms with Gasteiger partial charge >= 0.3 is 11.8 Å². The van der Waals surface area contributed by atoms with Gasteiger partial charge < -0.3 is 19.7 Å². The van der Waals surface area contributed by atoms with Crippen molar-refractivity contribution < 1.29 is 24.5 Å². The van der Waals surface area contributed by atoms with Crippen molar-refractivity contribution in [2.24, 2.45) is 5.92 Å². The molecule has 0 spiro atoms. The summed E-state index contributed by atoms with van der Waals surface area (Å²) < 4.78 is 11.4. The van der Waals surface area contributed by atoms with E-state index in [-0.39, 0.29) is 12.4 Å². The molecule has 10 nitrogen and oxygen atoms in total. The van der Waals surface area contributed by atoms with E-state index < -0.39 is 42.7 Å². The van der Waals surface area contributed by atoms with Crippen LogP contribution < -0.4 is 11.0 Å². The Bertz CT molecular complexity index is 818. The Balaban J connectivity index is 1.87. The lowest BCUT2D eigenvalue weighted by Gasteiger charge is -2.16. The smallest absolute Gasteiger partial charge is 0.413 e. The molecule has 0 bridgehead atoms. The van der Waals surface area contributed by atoms with E-state index in [4.69, 9.17) is 9.47 Å². The number of unbranched alkanes of at least 4 members (excludes halogenated alkanes) is 4. The lowest BCUT2D eigenvalue weighted by atomic mass is 10.0. The van der Waals surface area contributed by atoms with Crippen molar-refractivity contribution in [2.45, 2.75) is 57.5 Å². The number of aliphatic hydroxyl groups is 2. The number of allylic oxidation sites excluding steroid dienone is 1. The van der Waals surface area contributed by atoms with Crippen molar-refractivity contribution in [3.05, 3.63) is 34.9 Å². The fraction of sp³-hybridized carbons (Fsp3) is 0.600. The van der Waals surface area contributed by atoms with E-state index in [9.17, 15) is 25.1 Å². The maximum Gasteiger partial charge on any atom is 0.413 e. The molecule has 1 saturated heterocycles. The highest BCUT2D eigenvalue weighted by Crippen LogP contribution is 2.33. The van der Waals surface area contributed by atoms with E-state index in [0.29, 0.717) is 0 Å². The Hall–Kier alpha value is -2.74. The van der Waals surface area contributed by atoms with Gasteiger partial charge in [-0.2, -0.15) is 10.2 Å². The van der Waals surface area contributed by atoms with E-state index in [1.54, 1.807) is 6.08 Å². The topological polar surface area (TPSA) is 147 Å². The standard InChI is InChI=1S/C20H28N4O6/c1-2-3-4-5-6-7-8-11-29-20(28)23-16-9-10-24(19(27)22-16)18-14(12-21)17(26)15(13-25)30-18/h7-10,14-15,17-18,25-26H,2-6,11,13H2,1H3,(H,22,23,27,28)/b8-7+/t14-,15+,17-,18+/m0/s1. The van der Waals surface area contributed by atoms with Crippen LogP contribution in [0.4, 0.5) is 10.6 Å². The third-order valence-corrected chi connectivity index (χ3v) is 4.74. The summed E-state index contributed by atoms with van der Waals surface area (Å²) >= 11 is 0. The van der Waals surface area contributed by atoms with Gasteiger partial charge in [0.05, 0.1) is 12.7 Å². The average molecular weight is 420 g/mol. The number of carbonyl (C=O) groups is 1. The van der Waals surface area contributed by atoms with Gasteiger partial charge in [0, 0.05) is 6.20 Å². The van der Waals surface area contributed by atoms with Crippen molar-refractivity contribution in [1.29, 1.82) is 5.26 Å². The number of nitrogens with one attached hydrogen (secondary N) is 1. The highest BCUT2D eigenvalue weighted by atomic mass is 16.6. The zero-order valence-electron chi connectivity index (χ0n) is 16.9. The number of aromatic nitrogens is 2. The Kier molecular flexibility index (Phi) is 9.47. The molecule has 1 aliphatic rings. The molecule has 1 aromatic rings. The second-order valence-electron chi connectivity index (χ2n) is 6.94. The molecule has 4 atom stereocenters. The van der Waals surface area contributed by atoms with Crippen LogP contribution in [-0.4, -0.2) is 51.3 Å². The summed E-state index contributed by atoms with van der Waals surface area (Å²) in [4.78, 5) is 27.8. The molecule has 10 heteroatoms. The van der Waals surface area contributed by atoms with Gasteiger partial charge in [0.1, 0.15) is 30.6 Å². The second-order valence-corrected chi connectivity index (χ2v) is 6.94. The largest absolute Gasteiger partial charge is 0.445 e. The predicted octanol–water partition coefficient (Wildman–Crippen LogP) is 1.71. The summed E-state index contributed by atoms with van der Waals surface area (Å²) in [5, 5.41) is 30.8. The van der Waals surface area contributed by atoms with Crippen LogP contribution in [0.1, 0.15) is 45.3 Å². The lowest BCUT2D eigenvalue weighted by Crippen LogP contribution is -2.32. The maximum atomic E-state index is 12.3.